The molecule has 3 nitrogen and oxygen atoms in total. The maximum atomic E-state index is 4.22. The molecule has 0 spiro atoms. The van der Waals surface area contributed by atoms with Gasteiger partial charge in [0.1, 0.15) is 6.33 Å². The predicted octanol–water partition coefficient (Wildman–Crippen LogP) is 1.33. The van der Waals surface area contributed by atoms with Gasteiger partial charge in [-0.3, -0.25) is 0 Å². The van der Waals surface area contributed by atoms with Crippen molar-refractivity contribution < 1.29 is 0 Å². The lowest BCUT2D eigenvalue weighted by Gasteiger charge is -2.22. The summed E-state index contributed by atoms with van der Waals surface area (Å²) in [5.74, 6) is 0.820. The minimum atomic E-state index is 0.820. The predicted molar refractivity (Wildman–Crippen MR) is 56.1 cm³/mol. The van der Waals surface area contributed by atoms with Gasteiger partial charge in [0.2, 0.25) is 0 Å². The van der Waals surface area contributed by atoms with Crippen molar-refractivity contribution in [3.63, 3.8) is 0 Å². The Hall–Kier alpha value is -0.960. The molecule has 0 unspecified atom stereocenters. The first-order valence-electron chi connectivity index (χ1n) is 5.32. The second-order valence-electron chi connectivity index (χ2n) is 4.03. The molecular weight excluding hydrogens is 174 g/mol. The monoisotopic (exact) mass is 191 g/mol. The van der Waals surface area contributed by atoms with Crippen LogP contribution in [0.3, 0.4) is 0 Å². The molecule has 1 aromatic heterocycles. The zero-order valence-electron chi connectivity index (χ0n) is 8.66. The van der Waals surface area contributed by atoms with E-state index < -0.39 is 0 Å². The standard InChI is InChI=1S/C11H17N3/c1-9-11(7-13-8-14-9)6-10-2-4-12-5-3-10/h7-8,10,12H,2-6H2,1H3. The number of rotatable bonds is 2. The lowest BCUT2D eigenvalue weighted by atomic mass is 9.91. The number of aromatic nitrogens is 2. The fourth-order valence-electron chi connectivity index (χ4n) is 2.02. The molecule has 1 fully saturated rings. The Bertz CT molecular complexity index is 292. The summed E-state index contributed by atoms with van der Waals surface area (Å²) < 4.78 is 0. The first kappa shape index (κ1) is 9.59. The molecule has 2 rings (SSSR count). The molecule has 1 aromatic rings. The smallest absolute Gasteiger partial charge is 0.115 e. The van der Waals surface area contributed by atoms with Gasteiger partial charge in [-0.2, -0.15) is 0 Å². The lowest BCUT2D eigenvalue weighted by molar-refractivity contribution is 0.371. The minimum Gasteiger partial charge on any atom is -0.317 e. The van der Waals surface area contributed by atoms with Gasteiger partial charge in [-0.05, 0) is 50.8 Å². The third-order valence-corrected chi connectivity index (χ3v) is 2.98. The maximum absolute atomic E-state index is 4.22. The fourth-order valence-corrected chi connectivity index (χ4v) is 2.02. The highest BCUT2D eigenvalue weighted by molar-refractivity contribution is 5.14. The number of aryl methyl sites for hydroxylation is 1. The van der Waals surface area contributed by atoms with E-state index >= 15 is 0 Å². The first-order valence-corrected chi connectivity index (χ1v) is 5.32. The Morgan fingerprint density at radius 2 is 2.21 bits per heavy atom. The van der Waals surface area contributed by atoms with Gasteiger partial charge in [-0.15, -0.1) is 0 Å². The first-order chi connectivity index (χ1) is 6.86. The van der Waals surface area contributed by atoms with Gasteiger partial charge < -0.3 is 5.32 Å². The van der Waals surface area contributed by atoms with Gasteiger partial charge in [0, 0.05) is 11.9 Å². The van der Waals surface area contributed by atoms with Crippen LogP contribution >= 0.6 is 0 Å². The van der Waals surface area contributed by atoms with Crippen molar-refractivity contribution in [3.8, 4) is 0 Å². The fraction of sp³-hybridized carbons (Fsp3) is 0.636. The Morgan fingerprint density at radius 1 is 1.43 bits per heavy atom. The van der Waals surface area contributed by atoms with Crippen LogP contribution in [0.2, 0.25) is 0 Å². The average Bonchev–Trinajstić information content (AvgIpc) is 2.23. The van der Waals surface area contributed by atoms with E-state index in [1.165, 1.54) is 18.4 Å². The normalized spacial score (nSPS) is 18.4. The van der Waals surface area contributed by atoms with Gasteiger partial charge in [0.25, 0.3) is 0 Å². The SMILES string of the molecule is Cc1ncncc1CC1CCNCC1. The van der Waals surface area contributed by atoms with Crippen LogP contribution in [-0.2, 0) is 6.42 Å². The zero-order chi connectivity index (χ0) is 9.80. The van der Waals surface area contributed by atoms with Gasteiger partial charge in [0.05, 0.1) is 0 Å². The van der Waals surface area contributed by atoms with Gasteiger partial charge in [-0.1, -0.05) is 0 Å². The summed E-state index contributed by atoms with van der Waals surface area (Å²) in [7, 11) is 0. The Morgan fingerprint density at radius 3 is 2.93 bits per heavy atom. The van der Waals surface area contributed by atoms with Gasteiger partial charge in [-0.25, -0.2) is 9.97 Å². The summed E-state index contributed by atoms with van der Waals surface area (Å²) in [6.07, 6.45) is 7.31. The molecule has 14 heavy (non-hydrogen) atoms. The summed E-state index contributed by atoms with van der Waals surface area (Å²) in [6.45, 7) is 4.40. The van der Waals surface area contributed by atoms with E-state index in [9.17, 15) is 0 Å². The molecule has 0 radical (unpaired) electrons. The topological polar surface area (TPSA) is 37.8 Å². The van der Waals surface area contributed by atoms with E-state index in [0.29, 0.717) is 0 Å². The van der Waals surface area contributed by atoms with E-state index in [2.05, 4.69) is 22.2 Å². The molecule has 3 heteroatoms. The number of nitrogens with one attached hydrogen (secondary N) is 1. The molecule has 1 N–H and O–H groups in total. The van der Waals surface area contributed by atoms with Crippen LogP contribution in [-0.4, -0.2) is 23.1 Å². The number of piperidine rings is 1. The van der Waals surface area contributed by atoms with E-state index in [1.54, 1.807) is 6.33 Å². The molecule has 0 amide bonds. The van der Waals surface area contributed by atoms with E-state index in [-0.39, 0.29) is 0 Å². The minimum absolute atomic E-state index is 0.820. The third-order valence-electron chi connectivity index (χ3n) is 2.98. The number of hydrogen-bond donors (Lipinski definition) is 1. The second kappa shape index (κ2) is 4.51. The van der Waals surface area contributed by atoms with Crippen molar-refractivity contribution in [2.45, 2.75) is 26.2 Å². The van der Waals surface area contributed by atoms with Crippen LogP contribution in [0.15, 0.2) is 12.5 Å². The quantitative estimate of drug-likeness (QED) is 0.766. The number of hydrogen-bond acceptors (Lipinski definition) is 3. The highest BCUT2D eigenvalue weighted by Gasteiger charge is 2.14. The van der Waals surface area contributed by atoms with Crippen LogP contribution in [0.25, 0.3) is 0 Å². The third kappa shape index (κ3) is 2.29. The molecule has 2 heterocycles. The highest BCUT2D eigenvalue weighted by atomic mass is 14.9. The summed E-state index contributed by atoms with van der Waals surface area (Å²) >= 11 is 0. The van der Waals surface area contributed by atoms with Crippen LogP contribution in [0.1, 0.15) is 24.1 Å². The molecule has 0 atom stereocenters. The summed E-state index contributed by atoms with van der Waals surface area (Å²) in [5.41, 5.74) is 2.46. The van der Waals surface area contributed by atoms with Crippen molar-refractivity contribution in [2.24, 2.45) is 5.92 Å². The Labute approximate surface area is 85.0 Å². The number of nitrogens with zero attached hydrogens (tertiary/aromatic N) is 2. The molecule has 0 saturated carbocycles. The van der Waals surface area contributed by atoms with Crippen LogP contribution in [0, 0.1) is 12.8 Å². The molecule has 76 valence electrons. The molecule has 1 aliphatic heterocycles. The summed E-state index contributed by atoms with van der Waals surface area (Å²) in [5, 5.41) is 3.38. The second-order valence-corrected chi connectivity index (χ2v) is 4.03. The summed E-state index contributed by atoms with van der Waals surface area (Å²) in [6, 6.07) is 0. The molecule has 1 saturated heterocycles. The molecule has 1 aliphatic rings. The Balaban J connectivity index is 1.99. The van der Waals surface area contributed by atoms with E-state index in [0.717, 1.165) is 31.1 Å². The maximum Gasteiger partial charge on any atom is 0.115 e. The van der Waals surface area contributed by atoms with Crippen molar-refractivity contribution in [2.75, 3.05) is 13.1 Å². The van der Waals surface area contributed by atoms with Crippen LogP contribution < -0.4 is 5.32 Å². The summed E-state index contributed by atoms with van der Waals surface area (Å²) in [4.78, 5) is 8.30. The lowest BCUT2D eigenvalue weighted by Crippen LogP contribution is -2.28. The average molecular weight is 191 g/mol. The Kier molecular flexibility index (Phi) is 3.09. The molecular formula is C11H17N3. The van der Waals surface area contributed by atoms with Crippen molar-refractivity contribution in [1.29, 1.82) is 0 Å². The van der Waals surface area contributed by atoms with Crippen molar-refractivity contribution in [3.05, 3.63) is 23.8 Å². The highest BCUT2D eigenvalue weighted by Crippen LogP contribution is 2.18. The van der Waals surface area contributed by atoms with Crippen LogP contribution in [0.5, 0.6) is 0 Å². The van der Waals surface area contributed by atoms with Crippen molar-refractivity contribution in [1.82, 2.24) is 15.3 Å². The van der Waals surface area contributed by atoms with Gasteiger partial charge >= 0.3 is 0 Å². The van der Waals surface area contributed by atoms with E-state index in [4.69, 9.17) is 0 Å². The molecule has 0 aliphatic carbocycles. The van der Waals surface area contributed by atoms with E-state index in [1.807, 2.05) is 6.20 Å². The van der Waals surface area contributed by atoms with Crippen LogP contribution in [0.4, 0.5) is 0 Å². The largest absolute Gasteiger partial charge is 0.317 e. The molecule has 0 aromatic carbocycles. The van der Waals surface area contributed by atoms with Gasteiger partial charge in [0.15, 0.2) is 0 Å². The van der Waals surface area contributed by atoms with Crippen molar-refractivity contribution >= 4 is 0 Å². The molecule has 0 bridgehead atoms. The zero-order valence-corrected chi connectivity index (χ0v) is 8.66.